The molecule has 0 spiro atoms. The van der Waals surface area contributed by atoms with Gasteiger partial charge in [-0.25, -0.2) is 0 Å². The Bertz CT molecular complexity index is 1180. The molecule has 6 heteroatoms. The lowest BCUT2D eigenvalue weighted by Gasteiger charge is -2.30. The first-order valence-corrected chi connectivity index (χ1v) is 11.1. The highest BCUT2D eigenvalue weighted by Crippen LogP contribution is 2.35. The Kier molecular flexibility index (Phi) is 5.20. The molecular weight excluding hydrogens is 440 g/mol. The first-order chi connectivity index (χ1) is 14.6. The number of halogens is 1. The van der Waals surface area contributed by atoms with Crippen LogP contribution in [0.25, 0.3) is 16.6 Å². The van der Waals surface area contributed by atoms with E-state index in [2.05, 4.69) is 67.4 Å². The predicted molar refractivity (Wildman–Crippen MR) is 125 cm³/mol. The minimum atomic E-state index is -0.0169. The van der Waals surface area contributed by atoms with Crippen LogP contribution in [0.2, 0.25) is 0 Å². The Labute approximate surface area is 184 Å². The van der Waals surface area contributed by atoms with Crippen molar-refractivity contribution in [3.63, 3.8) is 0 Å². The van der Waals surface area contributed by atoms with Crippen molar-refractivity contribution in [1.29, 1.82) is 0 Å². The molecular formula is C24H23BrN4O. The monoisotopic (exact) mass is 462 g/mol. The summed E-state index contributed by atoms with van der Waals surface area (Å²) in [5, 5.41) is 1.16. The normalized spacial score (nSPS) is 19.7. The largest absolute Gasteiger partial charge is 0.313 e. The molecule has 0 N–H and O–H groups in total. The van der Waals surface area contributed by atoms with Crippen LogP contribution in [0, 0.1) is 11.8 Å². The molecule has 3 aliphatic rings. The Morgan fingerprint density at radius 2 is 1.97 bits per heavy atom. The second kappa shape index (κ2) is 7.99. The van der Waals surface area contributed by atoms with Crippen LogP contribution in [0.4, 0.5) is 0 Å². The Balaban J connectivity index is 1.40. The number of para-hydroxylation sites is 1. The van der Waals surface area contributed by atoms with Gasteiger partial charge in [-0.1, -0.05) is 30.0 Å². The van der Waals surface area contributed by atoms with Crippen molar-refractivity contribution < 1.29 is 4.79 Å². The maximum absolute atomic E-state index is 13.2. The quantitative estimate of drug-likeness (QED) is 0.507. The van der Waals surface area contributed by atoms with Crippen molar-refractivity contribution in [2.24, 2.45) is 4.99 Å². The summed E-state index contributed by atoms with van der Waals surface area (Å²) >= 11 is 3.70. The van der Waals surface area contributed by atoms with Gasteiger partial charge in [0.1, 0.15) is 5.71 Å². The number of hydrogen-bond donors (Lipinski definition) is 0. The number of rotatable bonds is 2. The highest BCUT2D eigenvalue weighted by Gasteiger charge is 2.30. The van der Waals surface area contributed by atoms with E-state index in [1.807, 2.05) is 18.3 Å². The van der Waals surface area contributed by atoms with Crippen LogP contribution in [-0.2, 0) is 11.3 Å². The Hall–Kier alpha value is -2.46. The zero-order valence-electron chi connectivity index (χ0n) is 17.0. The molecule has 1 fully saturated rings. The summed E-state index contributed by atoms with van der Waals surface area (Å²) in [6.07, 6.45) is 4.39. The van der Waals surface area contributed by atoms with Crippen LogP contribution in [0.5, 0.6) is 0 Å². The number of aliphatic imine (C=N–C) groups is 1. The van der Waals surface area contributed by atoms with Crippen LogP contribution in [0.1, 0.15) is 12.0 Å². The fourth-order valence-electron chi connectivity index (χ4n) is 4.25. The summed E-state index contributed by atoms with van der Waals surface area (Å²) in [5.74, 6) is 6.44. The van der Waals surface area contributed by atoms with Gasteiger partial charge in [-0.05, 0) is 40.7 Å². The summed E-state index contributed by atoms with van der Waals surface area (Å²) in [4.78, 5) is 22.6. The van der Waals surface area contributed by atoms with E-state index in [4.69, 9.17) is 4.99 Å². The number of hydrogen-bond acceptors (Lipinski definition) is 4. The van der Waals surface area contributed by atoms with Crippen molar-refractivity contribution in [2.45, 2.75) is 13.0 Å². The molecule has 5 nitrogen and oxygen atoms in total. The second-order valence-electron chi connectivity index (χ2n) is 8.01. The Morgan fingerprint density at radius 1 is 1.13 bits per heavy atom. The van der Waals surface area contributed by atoms with Crippen LogP contribution >= 0.6 is 15.9 Å². The van der Waals surface area contributed by atoms with Gasteiger partial charge in [0, 0.05) is 54.2 Å². The predicted octanol–water partition coefficient (Wildman–Crippen LogP) is 3.31. The molecule has 3 heterocycles. The molecule has 2 aliphatic heterocycles. The van der Waals surface area contributed by atoms with Gasteiger partial charge in [-0.15, -0.1) is 0 Å². The van der Waals surface area contributed by atoms with Crippen molar-refractivity contribution in [3.8, 4) is 11.8 Å². The smallest absolute Gasteiger partial charge is 0.210 e. The minimum absolute atomic E-state index is 0.0169. The number of carbonyl (C=O) groups excluding carboxylic acids is 1. The molecule has 1 aliphatic carbocycles. The molecule has 0 amide bonds. The third-order valence-electron chi connectivity index (χ3n) is 6.00. The summed E-state index contributed by atoms with van der Waals surface area (Å²) in [6, 6.07) is 8.30. The first-order valence-electron chi connectivity index (χ1n) is 10.3. The van der Waals surface area contributed by atoms with Gasteiger partial charge in [-0.2, -0.15) is 0 Å². The van der Waals surface area contributed by atoms with Crippen LogP contribution in [0.3, 0.4) is 0 Å². The number of benzene rings is 1. The zero-order valence-corrected chi connectivity index (χ0v) is 18.6. The number of piperazine rings is 1. The van der Waals surface area contributed by atoms with E-state index in [0.29, 0.717) is 24.3 Å². The number of fused-ring (bicyclic) bond motifs is 2. The van der Waals surface area contributed by atoms with Gasteiger partial charge in [-0.3, -0.25) is 14.7 Å². The highest BCUT2D eigenvalue weighted by molar-refractivity contribution is 9.12. The third-order valence-corrected chi connectivity index (χ3v) is 6.61. The van der Waals surface area contributed by atoms with E-state index in [9.17, 15) is 4.79 Å². The zero-order chi connectivity index (χ0) is 20.7. The summed E-state index contributed by atoms with van der Waals surface area (Å²) in [6.45, 7) is 5.53. The maximum atomic E-state index is 13.2. The molecule has 1 aromatic carbocycles. The van der Waals surface area contributed by atoms with Crippen molar-refractivity contribution >= 4 is 44.0 Å². The summed E-state index contributed by atoms with van der Waals surface area (Å²) in [7, 11) is 2.15. The molecule has 0 atom stereocenters. The molecule has 2 aromatic rings. The standard InChI is InChI=1S/C24H23BrN4O/c1-27-11-13-28(14-12-27)9-3-2-5-18-15-20(25)23-21(24(18)30)26-16-19-7-4-6-17-8-10-29(23)22(17)19/h4,6-8,10,15H,5,9,11-14,16H2,1H3. The lowest BCUT2D eigenvalue weighted by molar-refractivity contribution is -0.109. The first kappa shape index (κ1) is 19.5. The summed E-state index contributed by atoms with van der Waals surface area (Å²) in [5.41, 5.74) is 4.31. The van der Waals surface area contributed by atoms with Gasteiger partial charge in [0.2, 0.25) is 5.78 Å². The average molecular weight is 463 g/mol. The molecule has 0 radical (unpaired) electrons. The molecule has 0 unspecified atom stereocenters. The maximum Gasteiger partial charge on any atom is 0.210 e. The molecule has 1 aromatic heterocycles. The van der Waals surface area contributed by atoms with Gasteiger partial charge >= 0.3 is 0 Å². The number of allylic oxidation sites excluding steroid dienone is 4. The van der Waals surface area contributed by atoms with E-state index in [-0.39, 0.29) is 5.78 Å². The number of aromatic nitrogens is 1. The van der Waals surface area contributed by atoms with E-state index in [0.717, 1.165) is 59.4 Å². The Morgan fingerprint density at radius 3 is 2.80 bits per heavy atom. The van der Waals surface area contributed by atoms with E-state index >= 15 is 0 Å². The number of ketones is 1. The molecule has 152 valence electrons. The van der Waals surface area contributed by atoms with Crippen LogP contribution < -0.4 is 0 Å². The fourth-order valence-corrected chi connectivity index (χ4v) is 4.90. The minimum Gasteiger partial charge on any atom is -0.313 e. The molecule has 1 saturated heterocycles. The topological polar surface area (TPSA) is 40.8 Å². The van der Waals surface area contributed by atoms with Crippen molar-refractivity contribution in [1.82, 2.24) is 14.4 Å². The molecule has 5 rings (SSSR count). The number of Topliss-reactive ketones (excluding diaryl/α,β-unsaturated/α-hetero) is 1. The third kappa shape index (κ3) is 3.47. The van der Waals surface area contributed by atoms with Gasteiger partial charge in [0.05, 0.1) is 24.3 Å². The fraction of sp³-hybridized carbons (Fsp3) is 0.333. The molecule has 30 heavy (non-hydrogen) atoms. The van der Waals surface area contributed by atoms with E-state index < -0.39 is 0 Å². The number of nitrogens with zero attached hydrogens (tertiary/aromatic N) is 4. The van der Waals surface area contributed by atoms with Crippen LogP contribution in [0.15, 0.2) is 51.6 Å². The van der Waals surface area contributed by atoms with Crippen molar-refractivity contribution in [3.05, 3.63) is 52.2 Å². The van der Waals surface area contributed by atoms with Gasteiger partial charge < -0.3 is 9.47 Å². The summed E-state index contributed by atoms with van der Waals surface area (Å²) < 4.78 is 2.97. The van der Waals surface area contributed by atoms with Gasteiger partial charge in [0.25, 0.3) is 0 Å². The average Bonchev–Trinajstić information content (AvgIpc) is 3.09. The molecule has 0 saturated carbocycles. The SMILES string of the molecule is CN1CCN(CC#CCC2=CC(Br)=C3C(=NCc4cccc5ccn3c45)C2=O)CC1. The van der Waals surface area contributed by atoms with E-state index in [1.165, 1.54) is 0 Å². The highest BCUT2D eigenvalue weighted by atomic mass is 79.9. The second-order valence-corrected chi connectivity index (χ2v) is 8.86. The number of likely N-dealkylation sites (N-methyl/N-ethyl adjacent to an activating group) is 1. The number of carbonyl (C=O) groups is 1. The lowest BCUT2D eigenvalue weighted by Crippen LogP contribution is -2.44. The van der Waals surface area contributed by atoms with Crippen molar-refractivity contribution in [2.75, 3.05) is 39.8 Å². The molecule has 0 bridgehead atoms. The lowest BCUT2D eigenvalue weighted by atomic mass is 9.96. The van der Waals surface area contributed by atoms with Crippen LogP contribution in [-0.4, -0.2) is 65.6 Å². The van der Waals surface area contributed by atoms with Gasteiger partial charge in [0.15, 0.2) is 0 Å². The van der Waals surface area contributed by atoms with E-state index in [1.54, 1.807) is 0 Å².